The SMILES string of the molecule is CN=C(NCCc1cc(F)ccc1F)NCC(C)C. The first-order valence-corrected chi connectivity index (χ1v) is 6.41. The fourth-order valence-electron chi connectivity index (χ4n) is 1.57. The van der Waals surface area contributed by atoms with Crippen LogP contribution in [0, 0.1) is 17.6 Å². The maximum Gasteiger partial charge on any atom is 0.190 e. The Hall–Kier alpha value is -1.65. The molecule has 0 aromatic heterocycles. The third-order valence-corrected chi connectivity index (χ3v) is 2.60. The van der Waals surface area contributed by atoms with Crippen LogP contribution < -0.4 is 10.6 Å². The van der Waals surface area contributed by atoms with E-state index in [-0.39, 0.29) is 5.82 Å². The van der Waals surface area contributed by atoms with Gasteiger partial charge in [0.15, 0.2) is 5.96 Å². The lowest BCUT2D eigenvalue weighted by atomic mass is 10.1. The highest BCUT2D eigenvalue weighted by Crippen LogP contribution is 2.09. The molecular formula is C14H21F2N3. The van der Waals surface area contributed by atoms with Gasteiger partial charge in [-0.2, -0.15) is 0 Å². The zero-order valence-corrected chi connectivity index (χ0v) is 11.6. The van der Waals surface area contributed by atoms with Gasteiger partial charge in [-0.05, 0) is 36.1 Å². The first kappa shape index (κ1) is 15.4. The predicted octanol–water partition coefficient (Wildman–Crippen LogP) is 2.33. The van der Waals surface area contributed by atoms with Crippen molar-refractivity contribution in [3.05, 3.63) is 35.4 Å². The molecule has 1 aromatic carbocycles. The highest BCUT2D eigenvalue weighted by molar-refractivity contribution is 5.79. The van der Waals surface area contributed by atoms with Crippen molar-refractivity contribution in [3.8, 4) is 0 Å². The van der Waals surface area contributed by atoms with Crippen molar-refractivity contribution in [2.24, 2.45) is 10.9 Å². The van der Waals surface area contributed by atoms with Gasteiger partial charge < -0.3 is 10.6 Å². The Morgan fingerprint density at radius 3 is 2.63 bits per heavy atom. The zero-order chi connectivity index (χ0) is 14.3. The lowest BCUT2D eigenvalue weighted by Gasteiger charge is -2.13. The van der Waals surface area contributed by atoms with E-state index in [0.29, 0.717) is 30.4 Å². The molecule has 0 bridgehead atoms. The Kier molecular flexibility index (Phi) is 6.25. The minimum Gasteiger partial charge on any atom is -0.356 e. The van der Waals surface area contributed by atoms with E-state index in [1.165, 1.54) is 6.07 Å². The van der Waals surface area contributed by atoms with Crippen LogP contribution in [0.15, 0.2) is 23.2 Å². The van der Waals surface area contributed by atoms with Gasteiger partial charge in [-0.15, -0.1) is 0 Å². The lowest BCUT2D eigenvalue weighted by Crippen LogP contribution is -2.40. The van der Waals surface area contributed by atoms with Gasteiger partial charge in [-0.1, -0.05) is 13.8 Å². The van der Waals surface area contributed by atoms with Crippen LogP contribution in [0.5, 0.6) is 0 Å². The van der Waals surface area contributed by atoms with Crippen LogP contribution in [0.1, 0.15) is 19.4 Å². The Balaban J connectivity index is 2.42. The molecule has 106 valence electrons. The molecule has 0 amide bonds. The van der Waals surface area contributed by atoms with Crippen molar-refractivity contribution in [1.82, 2.24) is 10.6 Å². The Morgan fingerprint density at radius 1 is 1.26 bits per heavy atom. The molecular weight excluding hydrogens is 248 g/mol. The minimum atomic E-state index is -0.418. The molecule has 1 rings (SSSR count). The summed E-state index contributed by atoms with van der Waals surface area (Å²) >= 11 is 0. The van der Waals surface area contributed by atoms with Crippen LogP contribution in [0.4, 0.5) is 8.78 Å². The number of hydrogen-bond donors (Lipinski definition) is 2. The highest BCUT2D eigenvalue weighted by atomic mass is 19.1. The van der Waals surface area contributed by atoms with E-state index >= 15 is 0 Å². The summed E-state index contributed by atoms with van der Waals surface area (Å²) in [5.41, 5.74) is 0.367. The van der Waals surface area contributed by atoms with Gasteiger partial charge in [0.1, 0.15) is 11.6 Å². The number of benzene rings is 1. The van der Waals surface area contributed by atoms with Crippen LogP contribution in [0.25, 0.3) is 0 Å². The maximum absolute atomic E-state index is 13.4. The summed E-state index contributed by atoms with van der Waals surface area (Å²) in [6.07, 6.45) is 0.409. The molecule has 0 radical (unpaired) electrons. The summed E-state index contributed by atoms with van der Waals surface area (Å²) in [4.78, 5) is 4.06. The number of nitrogens with one attached hydrogen (secondary N) is 2. The predicted molar refractivity (Wildman–Crippen MR) is 74.3 cm³/mol. The van der Waals surface area contributed by atoms with Gasteiger partial charge in [0, 0.05) is 20.1 Å². The second-order valence-electron chi connectivity index (χ2n) is 4.76. The molecule has 0 saturated carbocycles. The minimum absolute atomic E-state index is 0.367. The molecule has 0 atom stereocenters. The van der Waals surface area contributed by atoms with Gasteiger partial charge in [-0.25, -0.2) is 8.78 Å². The third kappa shape index (κ3) is 5.68. The molecule has 0 aliphatic rings. The van der Waals surface area contributed by atoms with E-state index in [1.807, 2.05) is 0 Å². The van der Waals surface area contributed by atoms with E-state index in [4.69, 9.17) is 0 Å². The molecule has 0 saturated heterocycles. The molecule has 2 N–H and O–H groups in total. The van der Waals surface area contributed by atoms with Crippen molar-refractivity contribution in [2.45, 2.75) is 20.3 Å². The maximum atomic E-state index is 13.4. The average molecular weight is 269 g/mol. The van der Waals surface area contributed by atoms with Crippen LogP contribution in [-0.2, 0) is 6.42 Å². The number of halogens is 2. The fraction of sp³-hybridized carbons (Fsp3) is 0.500. The number of guanidine groups is 1. The lowest BCUT2D eigenvalue weighted by molar-refractivity contribution is 0.581. The fourth-order valence-corrected chi connectivity index (χ4v) is 1.57. The molecule has 0 unspecified atom stereocenters. The first-order chi connectivity index (χ1) is 9.02. The second-order valence-corrected chi connectivity index (χ2v) is 4.76. The normalized spacial score (nSPS) is 11.8. The van der Waals surface area contributed by atoms with Crippen molar-refractivity contribution in [3.63, 3.8) is 0 Å². The largest absolute Gasteiger partial charge is 0.356 e. The van der Waals surface area contributed by atoms with Gasteiger partial charge in [-0.3, -0.25) is 4.99 Å². The molecule has 0 fully saturated rings. The van der Waals surface area contributed by atoms with Gasteiger partial charge >= 0.3 is 0 Å². The quantitative estimate of drug-likeness (QED) is 0.636. The zero-order valence-electron chi connectivity index (χ0n) is 11.6. The van der Waals surface area contributed by atoms with E-state index in [9.17, 15) is 8.78 Å². The number of rotatable bonds is 5. The number of hydrogen-bond acceptors (Lipinski definition) is 1. The molecule has 0 aliphatic heterocycles. The monoisotopic (exact) mass is 269 g/mol. The van der Waals surface area contributed by atoms with E-state index in [2.05, 4.69) is 29.5 Å². The average Bonchev–Trinajstić information content (AvgIpc) is 2.37. The van der Waals surface area contributed by atoms with Crippen LogP contribution in [0.3, 0.4) is 0 Å². The summed E-state index contributed by atoms with van der Waals surface area (Å²) in [5.74, 6) is 0.386. The van der Waals surface area contributed by atoms with Gasteiger partial charge in [0.05, 0.1) is 0 Å². The highest BCUT2D eigenvalue weighted by Gasteiger charge is 2.04. The molecule has 3 nitrogen and oxygen atoms in total. The van der Waals surface area contributed by atoms with Gasteiger partial charge in [0.25, 0.3) is 0 Å². The Morgan fingerprint density at radius 2 is 2.00 bits per heavy atom. The standard InChI is InChI=1S/C14H21F2N3/c1-10(2)9-19-14(17-3)18-7-6-11-8-12(15)4-5-13(11)16/h4-5,8,10H,6-7,9H2,1-3H3,(H2,17,18,19). The summed E-state index contributed by atoms with van der Waals surface area (Å²) in [6, 6.07) is 3.49. The molecule has 1 aromatic rings. The Labute approximate surface area is 113 Å². The molecule has 0 spiro atoms. The molecule has 0 heterocycles. The third-order valence-electron chi connectivity index (χ3n) is 2.60. The van der Waals surface area contributed by atoms with Crippen molar-refractivity contribution >= 4 is 5.96 Å². The molecule has 5 heteroatoms. The van der Waals surface area contributed by atoms with E-state index in [1.54, 1.807) is 7.05 Å². The van der Waals surface area contributed by atoms with E-state index < -0.39 is 5.82 Å². The summed E-state index contributed by atoms with van der Waals surface area (Å²) in [7, 11) is 1.68. The smallest absolute Gasteiger partial charge is 0.190 e. The van der Waals surface area contributed by atoms with E-state index in [0.717, 1.165) is 18.7 Å². The van der Waals surface area contributed by atoms with Crippen molar-refractivity contribution < 1.29 is 8.78 Å². The summed E-state index contributed by atoms with van der Waals surface area (Å²) in [5, 5.41) is 6.22. The second kappa shape index (κ2) is 7.71. The van der Waals surface area contributed by atoms with Crippen molar-refractivity contribution in [1.29, 1.82) is 0 Å². The van der Waals surface area contributed by atoms with Gasteiger partial charge in [0.2, 0.25) is 0 Å². The van der Waals surface area contributed by atoms with Crippen LogP contribution in [0.2, 0.25) is 0 Å². The summed E-state index contributed by atoms with van der Waals surface area (Å²) < 4.78 is 26.4. The number of nitrogens with zero attached hydrogens (tertiary/aromatic N) is 1. The first-order valence-electron chi connectivity index (χ1n) is 6.41. The van der Waals surface area contributed by atoms with Crippen LogP contribution in [-0.4, -0.2) is 26.1 Å². The number of aliphatic imine (C=N–C) groups is 1. The Bertz CT molecular complexity index is 431. The van der Waals surface area contributed by atoms with Crippen molar-refractivity contribution in [2.75, 3.05) is 20.1 Å². The van der Waals surface area contributed by atoms with Crippen LogP contribution >= 0.6 is 0 Å². The molecule has 19 heavy (non-hydrogen) atoms. The summed E-state index contributed by atoms with van der Waals surface area (Å²) in [6.45, 7) is 5.51. The molecule has 0 aliphatic carbocycles. The topological polar surface area (TPSA) is 36.4 Å².